The third kappa shape index (κ3) is 3.69. The topological polar surface area (TPSA) is 86.5 Å². The van der Waals surface area contributed by atoms with Crippen molar-refractivity contribution < 1.29 is 19.4 Å². The number of carbonyl (C=O) groups is 1. The molecule has 0 aromatic carbocycles. The second-order valence-electron chi connectivity index (χ2n) is 3.52. The Morgan fingerprint density at radius 2 is 2.53 bits per heavy atom. The van der Waals surface area contributed by atoms with Gasteiger partial charge >= 0.3 is 5.97 Å². The molecule has 0 bridgehead atoms. The van der Waals surface area contributed by atoms with Gasteiger partial charge in [0.2, 0.25) is 0 Å². The van der Waals surface area contributed by atoms with Crippen molar-refractivity contribution in [1.29, 1.82) is 0 Å². The minimum absolute atomic E-state index is 0.0241. The Balaban J connectivity index is 1.91. The molecule has 1 saturated heterocycles. The van der Waals surface area contributed by atoms with Crippen molar-refractivity contribution in [3.05, 3.63) is 6.33 Å². The van der Waals surface area contributed by atoms with E-state index in [1.54, 1.807) is 10.9 Å². The summed E-state index contributed by atoms with van der Waals surface area (Å²) in [5.41, 5.74) is 0. The lowest BCUT2D eigenvalue weighted by Crippen LogP contribution is -2.32. The summed E-state index contributed by atoms with van der Waals surface area (Å²) in [6.45, 7) is 2.33. The lowest BCUT2D eigenvalue weighted by Gasteiger charge is -2.23. The van der Waals surface area contributed by atoms with E-state index in [-0.39, 0.29) is 11.9 Å². The maximum absolute atomic E-state index is 10.5. The summed E-state index contributed by atoms with van der Waals surface area (Å²) in [7, 11) is 0. The first-order valence-corrected chi connectivity index (χ1v) is 6.16. The lowest BCUT2D eigenvalue weighted by atomic mass is 10.3. The van der Waals surface area contributed by atoms with E-state index in [1.165, 1.54) is 0 Å². The Labute approximate surface area is 102 Å². The van der Waals surface area contributed by atoms with Crippen molar-refractivity contribution >= 4 is 17.7 Å². The largest absolute Gasteiger partial charge is 0.481 e. The van der Waals surface area contributed by atoms with Crippen LogP contribution in [0.5, 0.6) is 0 Å². The zero-order valence-electron chi connectivity index (χ0n) is 9.11. The van der Waals surface area contributed by atoms with Gasteiger partial charge in [0.1, 0.15) is 6.33 Å². The number of ether oxygens (including phenoxy) is 2. The smallest absolute Gasteiger partial charge is 0.313 e. The fourth-order valence-electron chi connectivity index (χ4n) is 1.47. The molecule has 2 heterocycles. The van der Waals surface area contributed by atoms with Gasteiger partial charge < -0.3 is 19.1 Å². The summed E-state index contributed by atoms with van der Waals surface area (Å²) < 4.78 is 12.6. The Hall–Kier alpha value is -1.12. The van der Waals surface area contributed by atoms with E-state index in [0.717, 1.165) is 11.8 Å². The quantitative estimate of drug-likeness (QED) is 0.737. The van der Waals surface area contributed by atoms with Gasteiger partial charge in [0, 0.05) is 0 Å². The Kier molecular flexibility index (Phi) is 4.35. The molecule has 1 aromatic heterocycles. The molecule has 1 N–H and O–H groups in total. The Morgan fingerprint density at radius 1 is 1.65 bits per heavy atom. The van der Waals surface area contributed by atoms with E-state index in [4.69, 9.17) is 14.6 Å². The number of nitrogens with zero attached hydrogens (tertiary/aromatic N) is 3. The number of carboxylic acid groups (broad SMARTS) is 1. The summed E-state index contributed by atoms with van der Waals surface area (Å²) in [4.78, 5) is 10.5. The fraction of sp³-hybridized carbons (Fsp3) is 0.667. The molecule has 94 valence electrons. The summed E-state index contributed by atoms with van der Waals surface area (Å²) in [5, 5.41) is 16.8. The van der Waals surface area contributed by atoms with Gasteiger partial charge in [0.25, 0.3) is 0 Å². The number of aliphatic carboxylic acids is 1. The summed E-state index contributed by atoms with van der Waals surface area (Å²) in [6.07, 6.45) is 1.55. The van der Waals surface area contributed by atoms with Gasteiger partial charge in [0.15, 0.2) is 5.16 Å². The number of carboxylic acids is 1. The summed E-state index contributed by atoms with van der Waals surface area (Å²) >= 11 is 1.14. The highest BCUT2D eigenvalue weighted by atomic mass is 32.2. The number of hydrogen-bond donors (Lipinski definition) is 1. The maximum Gasteiger partial charge on any atom is 0.313 e. The predicted octanol–water partition coefficient (Wildman–Crippen LogP) is -0.130. The molecule has 1 atom stereocenters. The van der Waals surface area contributed by atoms with Crippen LogP contribution in [0.25, 0.3) is 0 Å². The first kappa shape index (κ1) is 12.3. The molecule has 1 fully saturated rings. The SMILES string of the molecule is O=C(O)CSc1nncn1CC1COCCO1. The van der Waals surface area contributed by atoms with Crippen molar-refractivity contribution in [1.82, 2.24) is 14.8 Å². The molecule has 1 aliphatic heterocycles. The van der Waals surface area contributed by atoms with Crippen LogP contribution < -0.4 is 0 Å². The highest BCUT2D eigenvalue weighted by Gasteiger charge is 2.17. The monoisotopic (exact) mass is 259 g/mol. The second kappa shape index (κ2) is 5.99. The minimum Gasteiger partial charge on any atom is -0.481 e. The molecule has 8 heteroatoms. The van der Waals surface area contributed by atoms with Crippen LogP contribution in [0.4, 0.5) is 0 Å². The molecule has 1 aliphatic rings. The van der Waals surface area contributed by atoms with Crippen LogP contribution in [0.2, 0.25) is 0 Å². The summed E-state index contributed by atoms with van der Waals surface area (Å²) in [5.74, 6) is -0.900. The molecular formula is C9H13N3O4S. The van der Waals surface area contributed by atoms with Crippen molar-refractivity contribution in [3.63, 3.8) is 0 Å². The molecule has 0 spiro atoms. The van der Waals surface area contributed by atoms with Crippen LogP contribution in [0.1, 0.15) is 0 Å². The van der Waals surface area contributed by atoms with Crippen LogP contribution in [-0.2, 0) is 20.8 Å². The standard InChI is InChI=1S/C9H13N3O4S/c13-8(14)5-17-9-11-10-6-12(9)3-7-4-15-1-2-16-7/h6-7H,1-5H2,(H,13,14). The van der Waals surface area contributed by atoms with Gasteiger partial charge in [0.05, 0.1) is 38.2 Å². The van der Waals surface area contributed by atoms with Gasteiger partial charge in [-0.15, -0.1) is 10.2 Å². The average Bonchev–Trinajstić information content (AvgIpc) is 2.75. The van der Waals surface area contributed by atoms with Crippen LogP contribution in [-0.4, -0.2) is 57.5 Å². The third-order valence-corrected chi connectivity index (χ3v) is 3.16. The Morgan fingerprint density at radius 3 is 3.24 bits per heavy atom. The van der Waals surface area contributed by atoms with Crippen LogP contribution in [0, 0.1) is 0 Å². The summed E-state index contributed by atoms with van der Waals surface area (Å²) in [6, 6.07) is 0. The van der Waals surface area contributed by atoms with Crippen molar-refractivity contribution in [3.8, 4) is 0 Å². The van der Waals surface area contributed by atoms with Crippen molar-refractivity contribution in [2.45, 2.75) is 17.8 Å². The molecule has 17 heavy (non-hydrogen) atoms. The number of hydrogen-bond acceptors (Lipinski definition) is 6. The van der Waals surface area contributed by atoms with Gasteiger partial charge in [-0.25, -0.2) is 0 Å². The molecule has 0 amide bonds. The minimum atomic E-state index is -0.873. The zero-order valence-corrected chi connectivity index (χ0v) is 9.93. The predicted molar refractivity (Wildman–Crippen MR) is 58.9 cm³/mol. The molecule has 1 unspecified atom stereocenters. The van der Waals surface area contributed by atoms with Crippen LogP contribution >= 0.6 is 11.8 Å². The molecule has 0 aliphatic carbocycles. The van der Waals surface area contributed by atoms with Crippen LogP contribution in [0.15, 0.2) is 11.5 Å². The van der Waals surface area contributed by atoms with E-state index in [2.05, 4.69) is 10.2 Å². The highest BCUT2D eigenvalue weighted by molar-refractivity contribution is 7.99. The lowest BCUT2D eigenvalue weighted by molar-refractivity contribution is -0.133. The molecule has 2 rings (SSSR count). The molecule has 7 nitrogen and oxygen atoms in total. The highest BCUT2D eigenvalue weighted by Crippen LogP contribution is 2.15. The van der Waals surface area contributed by atoms with Gasteiger partial charge in [-0.3, -0.25) is 4.79 Å². The van der Waals surface area contributed by atoms with Gasteiger partial charge in [-0.05, 0) is 0 Å². The first-order valence-electron chi connectivity index (χ1n) is 5.17. The number of aromatic nitrogens is 3. The van der Waals surface area contributed by atoms with Gasteiger partial charge in [-0.1, -0.05) is 11.8 Å². The van der Waals surface area contributed by atoms with E-state index < -0.39 is 5.97 Å². The molecule has 0 radical (unpaired) electrons. The van der Waals surface area contributed by atoms with E-state index in [0.29, 0.717) is 31.5 Å². The number of rotatable bonds is 5. The normalized spacial score (nSPS) is 20.4. The molecular weight excluding hydrogens is 246 g/mol. The zero-order chi connectivity index (χ0) is 12.1. The third-order valence-electron chi connectivity index (χ3n) is 2.19. The van der Waals surface area contributed by atoms with E-state index >= 15 is 0 Å². The van der Waals surface area contributed by atoms with E-state index in [1.807, 2.05) is 0 Å². The number of thioether (sulfide) groups is 1. The molecule has 0 saturated carbocycles. The molecule has 1 aromatic rings. The van der Waals surface area contributed by atoms with E-state index in [9.17, 15) is 4.79 Å². The second-order valence-corrected chi connectivity index (χ2v) is 4.46. The fourth-order valence-corrected chi connectivity index (χ4v) is 2.11. The first-order chi connectivity index (χ1) is 8.25. The Bertz CT molecular complexity index is 378. The maximum atomic E-state index is 10.5. The van der Waals surface area contributed by atoms with Gasteiger partial charge in [-0.2, -0.15) is 0 Å². The van der Waals surface area contributed by atoms with Crippen LogP contribution in [0.3, 0.4) is 0 Å². The van der Waals surface area contributed by atoms with Crippen molar-refractivity contribution in [2.75, 3.05) is 25.6 Å². The average molecular weight is 259 g/mol. The van der Waals surface area contributed by atoms with Crippen molar-refractivity contribution in [2.24, 2.45) is 0 Å².